The molecule has 2 unspecified atom stereocenters. The van der Waals surface area contributed by atoms with E-state index in [4.69, 9.17) is 21.2 Å². The molecule has 0 radical (unpaired) electrons. The molecule has 1 amide bonds. The van der Waals surface area contributed by atoms with E-state index in [2.05, 4.69) is 10.5 Å². The lowest BCUT2D eigenvalue weighted by Gasteiger charge is -2.38. The first kappa shape index (κ1) is 30.8. The first-order chi connectivity index (χ1) is 20.4. The molecular formula is C30H28ClF3N2O6S. The molecule has 0 aromatic heterocycles. The average Bonchev–Trinajstić information content (AvgIpc) is 3.27. The van der Waals surface area contributed by atoms with Crippen molar-refractivity contribution in [3.8, 4) is 5.75 Å². The third kappa shape index (κ3) is 6.36. The maximum atomic E-state index is 13.9. The van der Waals surface area contributed by atoms with Crippen molar-refractivity contribution in [2.45, 2.75) is 48.0 Å². The number of rotatable bonds is 9. The highest BCUT2D eigenvalue weighted by atomic mass is 35.5. The quantitative estimate of drug-likeness (QED) is 0.171. The molecule has 2 aliphatic rings. The van der Waals surface area contributed by atoms with Crippen LogP contribution in [0.25, 0.3) is 0 Å². The number of hydrogen-bond donors (Lipinski definition) is 2. The van der Waals surface area contributed by atoms with Gasteiger partial charge in [-0.25, -0.2) is 21.6 Å². The van der Waals surface area contributed by atoms with E-state index in [9.17, 15) is 31.5 Å². The number of benzene rings is 3. The van der Waals surface area contributed by atoms with Crippen molar-refractivity contribution in [1.29, 1.82) is 0 Å². The lowest BCUT2D eigenvalue weighted by Crippen LogP contribution is -2.47. The summed E-state index contributed by atoms with van der Waals surface area (Å²) < 4.78 is 73.6. The average molecular weight is 637 g/mol. The van der Waals surface area contributed by atoms with Gasteiger partial charge in [0.05, 0.1) is 28.5 Å². The highest BCUT2D eigenvalue weighted by molar-refractivity contribution is 7.92. The molecular weight excluding hydrogens is 609 g/mol. The number of aliphatic hydroxyl groups is 1. The minimum atomic E-state index is -4.08. The van der Waals surface area contributed by atoms with Crippen molar-refractivity contribution in [3.63, 3.8) is 0 Å². The number of sulfone groups is 1. The molecule has 0 aliphatic heterocycles. The van der Waals surface area contributed by atoms with Crippen molar-refractivity contribution < 1.29 is 41.1 Å². The molecule has 2 aliphatic carbocycles. The summed E-state index contributed by atoms with van der Waals surface area (Å²) in [6.07, 6.45) is 2.71. The molecule has 2 bridgehead atoms. The predicted octanol–water partition coefficient (Wildman–Crippen LogP) is 5.91. The van der Waals surface area contributed by atoms with Crippen LogP contribution < -0.4 is 10.1 Å². The summed E-state index contributed by atoms with van der Waals surface area (Å²) >= 11 is 6.30. The van der Waals surface area contributed by atoms with Crippen LogP contribution in [-0.2, 0) is 21.3 Å². The normalized spacial score (nSPS) is 23.3. The van der Waals surface area contributed by atoms with Gasteiger partial charge in [0.15, 0.2) is 27.3 Å². The largest absolute Gasteiger partial charge is 0.496 e. The number of amides is 1. The highest BCUT2D eigenvalue weighted by Gasteiger charge is 2.54. The first-order valence-electron chi connectivity index (χ1n) is 13.4. The predicted molar refractivity (Wildman–Crippen MR) is 153 cm³/mol. The molecule has 228 valence electrons. The number of oxime groups is 1. The van der Waals surface area contributed by atoms with E-state index in [-0.39, 0.29) is 40.6 Å². The van der Waals surface area contributed by atoms with E-state index in [0.29, 0.717) is 30.7 Å². The zero-order valence-corrected chi connectivity index (χ0v) is 24.5. The van der Waals surface area contributed by atoms with Crippen molar-refractivity contribution >= 4 is 39.2 Å². The van der Waals surface area contributed by atoms with E-state index in [1.165, 1.54) is 18.3 Å². The Morgan fingerprint density at radius 2 is 1.74 bits per heavy atom. The summed E-state index contributed by atoms with van der Waals surface area (Å²) in [6, 6.07) is 12.1. The van der Waals surface area contributed by atoms with Crippen LogP contribution in [0.3, 0.4) is 0 Å². The minimum Gasteiger partial charge on any atom is -0.496 e. The van der Waals surface area contributed by atoms with Gasteiger partial charge in [0.1, 0.15) is 18.0 Å². The third-order valence-electron chi connectivity index (χ3n) is 7.95. The Hall–Kier alpha value is -3.61. The summed E-state index contributed by atoms with van der Waals surface area (Å²) in [5.74, 6) is -5.71. The molecule has 0 heterocycles. The van der Waals surface area contributed by atoms with E-state index >= 15 is 0 Å². The fraction of sp³-hybridized carbons (Fsp3) is 0.333. The van der Waals surface area contributed by atoms with E-state index in [1.54, 1.807) is 13.2 Å². The molecule has 5 rings (SSSR count). The molecule has 3 aromatic rings. The van der Waals surface area contributed by atoms with Gasteiger partial charge in [-0.2, -0.15) is 0 Å². The fourth-order valence-electron chi connectivity index (χ4n) is 6.09. The molecule has 0 saturated heterocycles. The van der Waals surface area contributed by atoms with Gasteiger partial charge in [-0.1, -0.05) is 35.0 Å². The molecule has 13 heteroatoms. The minimum absolute atomic E-state index is 0.0954. The molecule has 2 atom stereocenters. The van der Waals surface area contributed by atoms with Gasteiger partial charge >= 0.3 is 0 Å². The van der Waals surface area contributed by atoms with Crippen LogP contribution in [0.5, 0.6) is 5.75 Å². The number of para-hydroxylation sites is 1. The topological polar surface area (TPSA) is 114 Å². The Kier molecular flexibility index (Phi) is 8.73. The summed E-state index contributed by atoms with van der Waals surface area (Å²) in [5, 5.41) is 16.5. The van der Waals surface area contributed by atoms with Crippen LogP contribution in [0.4, 0.5) is 18.9 Å². The number of hydrogen-bond acceptors (Lipinski definition) is 7. The third-order valence-corrected chi connectivity index (χ3v) is 10.8. The second kappa shape index (κ2) is 12.2. The second-order valence-corrected chi connectivity index (χ2v) is 13.3. The van der Waals surface area contributed by atoms with Crippen LogP contribution in [0, 0.1) is 29.3 Å². The fourth-order valence-corrected chi connectivity index (χ4v) is 8.93. The Balaban J connectivity index is 1.30. The van der Waals surface area contributed by atoms with Gasteiger partial charge in [-0.3, -0.25) is 4.79 Å². The molecule has 3 aromatic carbocycles. The van der Waals surface area contributed by atoms with Gasteiger partial charge in [-0.05, 0) is 61.8 Å². The van der Waals surface area contributed by atoms with Crippen molar-refractivity contribution in [2.24, 2.45) is 17.0 Å². The second-order valence-electron chi connectivity index (χ2n) is 10.8. The lowest BCUT2D eigenvalue weighted by atomic mass is 9.78. The highest BCUT2D eigenvalue weighted by Crippen LogP contribution is 2.51. The molecule has 0 spiro atoms. The van der Waals surface area contributed by atoms with Gasteiger partial charge in [0, 0.05) is 28.9 Å². The van der Waals surface area contributed by atoms with Crippen LogP contribution in [0.1, 0.15) is 41.6 Å². The van der Waals surface area contributed by atoms with E-state index < -0.39 is 55.9 Å². The molecule has 2 fully saturated rings. The van der Waals surface area contributed by atoms with E-state index in [0.717, 1.165) is 11.6 Å². The smallest absolute Gasteiger partial charge is 0.255 e. The van der Waals surface area contributed by atoms with Crippen molar-refractivity contribution in [3.05, 3.63) is 88.2 Å². The molecule has 2 N–H and O–H groups in total. The number of halogens is 4. The summed E-state index contributed by atoms with van der Waals surface area (Å²) in [4.78, 5) is 17.9. The maximum absolute atomic E-state index is 13.9. The first-order valence-corrected chi connectivity index (χ1v) is 15.3. The Bertz CT molecular complexity index is 1650. The standard InChI is InChI=1S/C30H28ClF3N2O6S/c1-41-25-5-3-2-4-20(25)15-42-35-16-30(38)13-18-6-7-19(14-30)28(18)43(39,40)26-10-17(8-9-22(26)31)29(37)36-21-11-23(32)27(34)24(33)12-21/h2-5,8-12,16,18-19,28,38H,6-7,13-15H2,1H3,(H,36,37)/b35-16+. The number of ether oxygens (including phenoxy) is 1. The Morgan fingerprint density at radius 3 is 2.40 bits per heavy atom. The van der Waals surface area contributed by atoms with Crippen LogP contribution in [-0.4, -0.2) is 43.6 Å². The number of nitrogens with one attached hydrogen (secondary N) is 1. The monoisotopic (exact) mass is 636 g/mol. The number of carbonyl (C=O) groups is 1. The molecule has 8 nitrogen and oxygen atoms in total. The van der Waals surface area contributed by atoms with Crippen molar-refractivity contribution in [1.82, 2.24) is 0 Å². The maximum Gasteiger partial charge on any atom is 0.255 e. The van der Waals surface area contributed by atoms with Crippen LogP contribution in [0.2, 0.25) is 5.02 Å². The number of fused-ring (bicyclic) bond motifs is 2. The molecule has 43 heavy (non-hydrogen) atoms. The number of nitrogens with zero attached hydrogens (tertiary/aromatic N) is 1. The zero-order chi connectivity index (χ0) is 30.9. The van der Waals surface area contributed by atoms with Crippen LogP contribution in [0.15, 0.2) is 64.6 Å². The van der Waals surface area contributed by atoms with Gasteiger partial charge < -0.3 is 20.0 Å². The van der Waals surface area contributed by atoms with Gasteiger partial charge in [0.25, 0.3) is 5.91 Å². The Morgan fingerprint density at radius 1 is 1.09 bits per heavy atom. The summed E-state index contributed by atoms with van der Waals surface area (Å²) in [7, 11) is -2.53. The number of carbonyl (C=O) groups excluding carboxylic acids is 1. The molecule has 2 saturated carbocycles. The summed E-state index contributed by atoms with van der Waals surface area (Å²) in [5.41, 5.74) is -1.08. The van der Waals surface area contributed by atoms with Gasteiger partial charge in [0.2, 0.25) is 0 Å². The lowest BCUT2D eigenvalue weighted by molar-refractivity contribution is 0.0410. The van der Waals surface area contributed by atoms with Gasteiger partial charge in [-0.15, -0.1) is 0 Å². The zero-order valence-electron chi connectivity index (χ0n) is 22.9. The SMILES string of the molecule is COc1ccccc1CO/N=C/C1(O)CC2CCC(C1)C2S(=O)(=O)c1cc(C(=O)Nc2cc(F)c(F)c(F)c2)ccc1Cl. The summed E-state index contributed by atoms with van der Waals surface area (Å²) in [6.45, 7) is 0.119. The Labute approximate surface area is 251 Å². The number of methoxy groups -OCH3 is 1. The van der Waals surface area contributed by atoms with E-state index in [1.807, 2.05) is 18.2 Å². The number of anilines is 1. The van der Waals surface area contributed by atoms with Crippen molar-refractivity contribution in [2.75, 3.05) is 12.4 Å². The van der Waals surface area contributed by atoms with Crippen LogP contribution >= 0.6 is 11.6 Å².